The van der Waals surface area contributed by atoms with E-state index in [4.69, 9.17) is 9.72 Å². The second-order valence-corrected chi connectivity index (χ2v) is 8.01. The Bertz CT molecular complexity index is 928. The van der Waals surface area contributed by atoms with Crippen LogP contribution in [0.2, 0.25) is 0 Å². The Kier molecular flexibility index (Phi) is 5.95. The van der Waals surface area contributed by atoms with Crippen LogP contribution in [0.4, 0.5) is 10.9 Å². The topological polar surface area (TPSA) is 63.2 Å². The van der Waals surface area contributed by atoms with Crippen LogP contribution in [0, 0.1) is 6.92 Å². The van der Waals surface area contributed by atoms with Crippen LogP contribution in [-0.4, -0.2) is 39.8 Å². The zero-order valence-corrected chi connectivity index (χ0v) is 17.1. The number of rotatable bonds is 6. The van der Waals surface area contributed by atoms with Gasteiger partial charge in [0.2, 0.25) is 5.13 Å². The fourth-order valence-corrected chi connectivity index (χ4v) is 4.00. The standard InChI is InChI=1S/C21H25N5OS/c1-3-20-24-25-21(28-20)23-19-10-6-9-17(22-19)18-14-26(11-12-27-18)13-16-8-5-4-7-15(16)2/h4-10,18H,3,11-14H2,1-2H3,(H,22,23,25)/t18-/m1/s1. The molecule has 146 valence electrons. The number of ether oxygens (including phenoxy) is 1. The Morgan fingerprint density at radius 3 is 2.89 bits per heavy atom. The van der Waals surface area contributed by atoms with Crippen molar-refractivity contribution in [3.63, 3.8) is 0 Å². The summed E-state index contributed by atoms with van der Waals surface area (Å²) in [4.78, 5) is 7.20. The van der Waals surface area contributed by atoms with Gasteiger partial charge in [-0.05, 0) is 36.6 Å². The molecular formula is C21H25N5OS. The Morgan fingerprint density at radius 1 is 1.18 bits per heavy atom. The van der Waals surface area contributed by atoms with Crippen LogP contribution in [0.15, 0.2) is 42.5 Å². The minimum absolute atomic E-state index is 0.0276. The lowest BCUT2D eigenvalue weighted by molar-refractivity contribution is -0.0349. The van der Waals surface area contributed by atoms with Crippen molar-refractivity contribution in [1.29, 1.82) is 0 Å². The number of benzene rings is 1. The minimum Gasteiger partial charge on any atom is -0.369 e. The normalized spacial score (nSPS) is 17.6. The molecule has 6 nitrogen and oxygen atoms in total. The molecule has 1 atom stereocenters. The van der Waals surface area contributed by atoms with Gasteiger partial charge >= 0.3 is 0 Å². The largest absolute Gasteiger partial charge is 0.369 e. The Morgan fingerprint density at radius 2 is 2.07 bits per heavy atom. The Hall–Kier alpha value is -2.35. The monoisotopic (exact) mass is 395 g/mol. The SMILES string of the molecule is CCc1nnc(Nc2cccc([C@H]3CN(Cc4ccccc4C)CCO3)n2)s1. The van der Waals surface area contributed by atoms with Gasteiger partial charge in [0.1, 0.15) is 16.9 Å². The average molecular weight is 396 g/mol. The molecule has 0 unspecified atom stereocenters. The van der Waals surface area contributed by atoms with Crippen LogP contribution >= 0.6 is 11.3 Å². The number of anilines is 2. The molecule has 0 saturated carbocycles. The fourth-order valence-electron chi connectivity index (χ4n) is 3.31. The highest BCUT2D eigenvalue weighted by atomic mass is 32.1. The highest BCUT2D eigenvalue weighted by Gasteiger charge is 2.23. The third-order valence-electron chi connectivity index (χ3n) is 4.91. The van der Waals surface area contributed by atoms with Gasteiger partial charge in [-0.3, -0.25) is 4.90 Å². The minimum atomic E-state index is -0.0276. The maximum absolute atomic E-state index is 6.03. The van der Waals surface area contributed by atoms with Crippen LogP contribution in [-0.2, 0) is 17.7 Å². The van der Waals surface area contributed by atoms with Crippen molar-refractivity contribution >= 4 is 22.3 Å². The van der Waals surface area contributed by atoms with E-state index in [1.54, 1.807) is 11.3 Å². The summed E-state index contributed by atoms with van der Waals surface area (Å²) in [5.41, 5.74) is 3.65. The van der Waals surface area contributed by atoms with Gasteiger partial charge < -0.3 is 10.1 Å². The lowest BCUT2D eigenvalue weighted by atomic mass is 10.1. The molecule has 1 aromatic carbocycles. The van der Waals surface area contributed by atoms with Crippen molar-refractivity contribution in [3.05, 3.63) is 64.3 Å². The zero-order chi connectivity index (χ0) is 19.3. The van der Waals surface area contributed by atoms with E-state index in [0.717, 1.165) is 47.7 Å². The van der Waals surface area contributed by atoms with Gasteiger partial charge in [0.25, 0.3) is 0 Å². The summed E-state index contributed by atoms with van der Waals surface area (Å²) in [6.45, 7) is 7.67. The van der Waals surface area contributed by atoms with Gasteiger partial charge in [-0.15, -0.1) is 10.2 Å². The summed E-state index contributed by atoms with van der Waals surface area (Å²) in [5.74, 6) is 0.774. The van der Waals surface area contributed by atoms with Crippen molar-refractivity contribution in [2.24, 2.45) is 0 Å². The fraction of sp³-hybridized carbons (Fsp3) is 0.381. The molecule has 1 saturated heterocycles. The van der Waals surface area contributed by atoms with E-state index in [9.17, 15) is 0 Å². The molecule has 0 spiro atoms. The number of aryl methyl sites for hydroxylation is 2. The van der Waals surface area contributed by atoms with E-state index in [1.165, 1.54) is 11.1 Å². The van der Waals surface area contributed by atoms with E-state index in [-0.39, 0.29) is 6.10 Å². The van der Waals surface area contributed by atoms with Gasteiger partial charge in [0.15, 0.2) is 0 Å². The lowest BCUT2D eigenvalue weighted by Crippen LogP contribution is -2.38. The number of nitrogens with zero attached hydrogens (tertiary/aromatic N) is 4. The summed E-state index contributed by atoms with van der Waals surface area (Å²) in [5, 5.41) is 13.4. The quantitative estimate of drug-likeness (QED) is 0.677. The molecular weight excluding hydrogens is 370 g/mol. The Balaban J connectivity index is 1.44. The molecule has 0 radical (unpaired) electrons. The van der Waals surface area contributed by atoms with E-state index in [2.05, 4.69) is 58.5 Å². The maximum atomic E-state index is 6.03. The van der Waals surface area contributed by atoms with E-state index >= 15 is 0 Å². The molecule has 1 aliphatic heterocycles. The van der Waals surface area contributed by atoms with Crippen LogP contribution in [0.3, 0.4) is 0 Å². The summed E-state index contributed by atoms with van der Waals surface area (Å²) >= 11 is 1.56. The Labute approximate surface area is 169 Å². The third-order valence-corrected chi connectivity index (χ3v) is 5.89. The zero-order valence-electron chi connectivity index (χ0n) is 16.3. The van der Waals surface area contributed by atoms with E-state index in [1.807, 2.05) is 18.2 Å². The number of nitrogens with one attached hydrogen (secondary N) is 1. The summed E-state index contributed by atoms with van der Waals surface area (Å²) < 4.78 is 6.03. The van der Waals surface area contributed by atoms with Crippen LogP contribution in [0.5, 0.6) is 0 Å². The average Bonchev–Trinajstić information content (AvgIpc) is 3.18. The number of aromatic nitrogens is 3. The van der Waals surface area contributed by atoms with Gasteiger partial charge in [0, 0.05) is 19.6 Å². The maximum Gasteiger partial charge on any atom is 0.211 e. The molecule has 1 fully saturated rings. The number of hydrogen-bond acceptors (Lipinski definition) is 7. The van der Waals surface area contributed by atoms with Crippen molar-refractivity contribution in [2.75, 3.05) is 25.0 Å². The smallest absolute Gasteiger partial charge is 0.211 e. The first kappa shape index (κ1) is 19.0. The first-order chi connectivity index (χ1) is 13.7. The van der Waals surface area contributed by atoms with E-state index < -0.39 is 0 Å². The molecule has 7 heteroatoms. The molecule has 0 bridgehead atoms. The molecule has 1 aliphatic rings. The summed E-state index contributed by atoms with van der Waals surface area (Å²) in [6.07, 6.45) is 0.861. The number of morpholine rings is 1. The molecule has 3 heterocycles. The summed E-state index contributed by atoms with van der Waals surface area (Å²) in [6, 6.07) is 14.6. The second kappa shape index (κ2) is 8.77. The van der Waals surface area contributed by atoms with Gasteiger partial charge in [0.05, 0.1) is 12.3 Å². The molecule has 28 heavy (non-hydrogen) atoms. The van der Waals surface area contributed by atoms with Gasteiger partial charge in [-0.2, -0.15) is 0 Å². The highest BCUT2D eigenvalue weighted by molar-refractivity contribution is 7.15. The van der Waals surface area contributed by atoms with Crippen molar-refractivity contribution < 1.29 is 4.74 Å². The van der Waals surface area contributed by atoms with Gasteiger partial charge in [-0.25, -0.2) is 4.98 Å². The first-order valence-electron chi connectivity index (χ1n) is 9.66. The lowest BCUT2D eigenvalue weighted by Gasteiger charge is -2.33. The summed E-state index contributed by atoms with van der Waals surface area (Å²) in [7, 11) is 0. The van der Waals surface area contributed by atoms with E-state index in [0.29, 0.717) is 6.61 Å². The molecule has 4 rings (SSSR count). The third kappa shape index (κ3) is 4.55. The second-order valence-electron chi connectivity index (χ2n) is 6.95. The van der Waals surface area contributed by atoms with Crippen molar-refractivity contribution in [1.82, 2.24) is 20.1 Å². The highest BCUT2D eigenvalue weighted by Crippen LogP contribution is 2.25. The molecule has 0 amide bonds. The van der Waals surface area contributed by atoms with Gasteiger partial charge in [-0.1, -0.05) is 48.6 Å². The van der Waals surface area contributed by atoms with Crippen molar-refractivity contribution in [2.45, 2.75) is 32.9 Å². The molecule has 3 aromatic rings. The van der Waals surface area contributed by atoms with Crippen LogP contribution in [0.25, 0.3) is 0 Å². The number of pyridine rings is 1. The van der Waals surface area contributed by atoms with Crippen LogP contribution < -0.4 is 5.32 Å². The van der Waals surface area contributed by atoms with Crippen LogP contribution in [0.1, 0.15) is 34.9 Å². The first-order valence-corrected chi connectivity index (χ1v) is 10.5. The number of hydrogen-bond donors (Lipinski definition) is 1. The predicted molar refractivity (Wildman–Crippen MR) is 112 cm³/mol. The molecule has 0 aliphatic carbocycles. The van der Waals surface area contributed by atoms with Crippen molar-refractivity contribution in [3.8, 4) is 0 Å². The predicted octanol–water partition coefficient (Wildman–Crippen LogP) is 4.12. The molecule has 2 aromatic heterocycles. The molecule has 1 N–H and O–H groups in total.